The van der Waals surface area contributed by atoms with Crippen molar-refractivity contribution in [1.82, 2.24) is 0 Å². The van der Waals surface area contributed by atoms with E-state index in [1.165, 1.54) is 70.6 Å². The fourth-order valence-corrected chi connectivity index (χ4v) is 2.05. The van der Waals surface area contributed by atoms with Gasteiger partial charge >= 0.3 is 29.6 Å². The van der Waals surface area contributed by atoms with E-state index in [-0.39, 0.29) is 29.6 Å². The molecule has 0 nitrogen and oxygen atoms in total. The van der Waals surface area contributed by atoms with Crippen LogP contribution in [0.3, 0.4) is 0 Å². The average molecular weight is 248 g/mol. The van der Waals surface area contributed by atoms with Crippen molar-refractivity contribution in [2.75, 3.05) is 0 Å². The van der Waals surface area contributed by atoms with E-state index < -0.39 is 0 Å². The summed E-state index contributed by atoms with van der Waals surface area (Å²) in [5.74, 6) is 0.891. The quantitative estimate of drug-likeness (QED) is 0.283. The first-order valence-electron chi connectivity index (χ1n) is 7.59. The van der Waals surface area contributed by atoms with E-state index in [9.17, 15) is 0 Å². The van der Waals surface area contributed by atoms with Crippen LogP contribution in [0.1, 0.15) is 91.4 Å². The van der Waals surface area contributed by atoms with E-state index in [2.05, 4.69) is 27.2 Å². The maximum Gasteiger partial charge on any atom is 1.00 e. The predicted octanol–water partition coefficient (Wildman–Crippen LogP) is 3.16. The van der Waals surface area contributed by atoms with Crippen molar-refractivity contribution in [1.29, 1.82) is 0 Å². The van der Waals surface area contributed by atoms with Crippen molar-refractivity contribution in [3.8, 4) is 0 Å². The maximum absolute atomic E-state index is 2.52. The molecule has 0 aliphatic carbocycles. The SMILES string of the molecule is CCCCCCC[CH-]CCCCCC(C)C.[Na+]. The third kappa shape index (κ3) is 19.5. The summed E-state index contributed by atoms with van der Waals surface area (Å²) in [6.07, 6.45) is 18.0. The van der Waals surface area contributed by atoms with Crippen LogP contribution in [-0.2, 0) is 0 Å². The Kier molecular flexibility index (Phi) is 20.3. The molecule has 0 aromatic carbocycles. The second kappa shape index (κ2) is 17.0. The smallest absolute Gasteiger partial charge is 0.328 e. The van der Waals surface area contributed by atoms with Crippen molar-refractivity contribution >= 4 is 0 Å². The molecule has 0 rings (SSSR count). The Labute approximate surface area is 133 Å². The van der Waals surface area contributed by atoms with Gasteiger partial charge in [-0.15, -0.1) is 0 Å². The van der Waals surface area contributed by atoms with Gasteiger partial charge in [0.1, 0.15) is 0 Å². The van der Waals surface area contributed by atoms with Crippen LogP contribution in [-0.4, -0.2) is 0 Å². The molecule has 1 heteroatoms. The van der Waals surface area contributed by atoms with Crippen LogP contribution in [0.4, 0.5) is 0 Å². The van der Waals surface area contributed by atoms with Crippen LogP contribution in [0.5, 0.6) is 0 Å². The summed E-state index contributed by atoms with van der Waals surface area (Å²) in [4.78, 5) is 0. The molecule has 0 atom stereocenters. The molecule has 0 fully saturated rings. The van der Waals surface area contributed by atoms with Crippen LogP contribution in [0.15, 0.2) is 0 Å². The van der Waals surface area contributed by atoms with Gasteiger partial charge in [0.05, 0.1) is 0 Å². The van der Waals surface area contributed by atoms with E-state index >= 15 is 0 Å². The summed E-state index contributed by atoms with van der Waals surface area (Å²) in [5.41, 5.74) is 0. The third-order valence-corrected chi connectivity index (χ3v) is 3.20. The van der Waals surface area contributed by atoms with E-state index in [1.54, 1.807) is 0 Å². The average Bonchev–Trinajstić information content (AvgIpc) is 2.25. The number of hydrogen-bond donors (Lipinski definition) is 0. The van der Waals surface area contributed by atoms with Crippen LogP contribution >= 0.6 is 0 Å². The van der Waals surface area contributed by atoms with Gasteiger partial charge in [-0.2, -0.15) is 12.8 Å². The Morgan fingerprint density at radius 3 is 1.82 bits per heavy atom. The molecule has 0 unspecified atom stereocenters. The van der Waals surface area contributed by atoms with Gasteiger partial charge in [-0.05, 0) is 5.92 Å². The van der Waals surface area contributed by atoms with Crippen LogP contribution in [0, 0.1) is 12.3 Å². The van der Waals surface area contributed by atoms with E-state index in [4.69, 9.17) is 0 Å². The first kappa shape index (κ1) is 20.3. The molecule has 0 heterocycles. The Bertz CT molecular complexity index is 121. The van der Waals surface area contributed by atoms with Crippen molar-refractivity contribution in [3.05, 3.63) is 6.42 Å². The second-order valence-corrected chi connectivity index (χ2v) is 5.52. The molecule has 0 saturated carbocycles. The number of rotatable bonds is 12. The Balaban J connectivity index is 0. The molecule has 0 N–H and O–H groups in total. The summed E-state index contributed by atoms with van der Waals surface area (Å²) in [6.45, 7) is 6.92. The van der Waals surface area contributed by atoms with E-state index in [0.717, 1.165) is 5.92 Å². The van der Waals surface area contributed by atoms with E-state index in [0.29, 0.717) is 0 Å². The van der Waals surface area contributed by atoms with Crippen molar-refractivity contribution in [3.63, 3.8) is 0 Å². The van der Waals surface area contributed by atoms with Gasteiger partial charge in [-0.1, -0.05) is 78.6 Å². The zero-order valence-electron chi connectivity index (χ0n) is 12.9. The standard InChI is InChI=1S/C16H33.Na/c1-4-5-6-7-8-9-10-11-12-13-14-15-16(2)3;/h10,16H,4-9,11-15H2,1-3H3;/q-1;+1. The van der Waals surface area contributed by atoms with Gasteiger partial charge in [-0.3, -0.25) is 0 Å². The van der Waals surface area contributed by atoms with Gasteiger partial charge in [0.15, 0.2) is 0 Å². The summed E-state index contributed by atoms with van der Waals surface area (Å²) >= 11 is 0. The Morgan fingerprint density at radius 1 is 0.765 bits per heavy atom. The molecular weight excluding hydrogens is 215 g/mol. The summed E-state index contributed by atoms with van der Waals surface area (Å²) < 4.78 is 0. The molecule has 0 bridgehead atoms. The molecule has 0 spiro atoms. The van der Waals surface area contributed by atoms with Gasteiger partial charge in [-0.25, -0.2) is 0 Å². The fraction of sp³-hybridized carbons (Fsp3) is 0.938. The van der Waals surface area contributed by atoms with Crippen LogP contribution in [0.25, 0.3) is 0 Å². The number of unbranched alkanes of at least 4 members (excludes halogenated alkanes) is 10. The van der Waals surface area contributed by atoms with Gasteiger partial charge in [0.25, 0.3) is 0 Å². The second-order valence-electron chi connectivity index (χ2n) is 5.52. The third-order valence-electron chi connectivity index (χ3n) is 3.20. The van der Waals surface area contributed by atoms with Crippen LogP contribution in [0.2, 0.25) is 0 Å². The van der Waals surface area contributed by atoms with Crippen molar-refractivity contribution in [2.45, 2.75) is 91.4 Å². The van der Waals surface area contributed by atoms with Crippen molar-refractivity contribution < 1.29 is 29.6 Å². The maximum atomic E-state index is 2.52. The predicted molar refractivity (Wildman–Crippen MR) is 75.6 cm³/mol. The van der Waals surface area contributed by atoms with Crippen molar-refractivity contribution in [2.24, 2.45) is 5.92 Å². The number of hydrogen-bond acceptors (Lipinski definition) is 0. The van der Waals surface area contributed by atoms with E-state index in [1.807, 2.05) is 0 Å². The molecule has 0 saturated heterocycles. The first-order chi connectivity index (χ1) is 7.77. The summed E-state index contributed by atoms with van der Waals surface area (Å²) in [6, 6.07) is 0. The minimum Gasteiger partial charge on any atom is -0.328 e. The zero-order chi connectivity index (χ0) is 12.1. The Hall–Kier alpha value is 1.00. The zero-order valence-corrected chi connectivity index (χ0v) is 14.9. The molecule has 0 aromatic heterocycles. The van der Waals surface area contributed by atoms with Gasteiger partial charge in [0, 0.05) is 0 Å². The molecule has 0 amide bonds. The minimum absolute atomic E-state index is 0. The van der Waals surface area contributed by atoms with Crippen LogP contribution < -0.4 is 29.6 Å². The molecule has 0 aliphatic rings. The summed E-state index contributed by atoms with van der Waals surface area (Å²) in [7, 11) is 0. The molecule has 0 aliphatic heterocycles. The normalized spacial score (nSPS) is 10.6. The monoisotopic (exact) mass is 248 g/mol. The minimum atomic E-state index is 0. The van der Waals surface area contributed by atoms with Gasteiger partial charge < -0.3 is 6.42 Å². The fourth-order valence-electron chi connectivity index (χ4n) is 2.05. The molecule has 17 heavy (non-hydrogen) atoms. The largest absolute Gasteiger partial charge is 1.00 e. The first-order valence-corrected chi connectivity index (χ1v) is 7.59. The molecule has 98 valence electrons. The molecular formula is C16H33Na. The molecule has 0 radical (unpaired) electrons. The summed E-state index contributed by atoms with van der Waals surface area (Å²) in [5, 5.41) is 0. The topological polar surface area (TPSA) is 0 Å². The van der Waals surface area contributed by atoms with Gasteiger partial charge in [0.2, 0.25) is 0 Å². The molecule has 0 aromatic rings. The Morgan fingerprint density at radius 2 is 1.29 bits per heavy atom.